The van der Waals surface area contributed by atoms with E-state index in [0.717, 1.165) is 0 Å². The normalized spacial score (nSPS) is 10.2. The highest BCUT2D eigenvalue weighted by molar-refractivity contribution is 5.25. The van der Waals surface area contributed by atoms with Gasteiger partial charge in [-0.05, 0) is 39.5 Å². The molecule has 0 aromatic heterocycles. The van der Waals surface area contributed by atoms with Gasteiger partial charge in [-0.2, -0.15) is 0 Å². The lowest BCUT2D eigenvalue weighted by Crippen LogP contribution is -1.96. The van der Waals surface area contributed by atoms with Gasteiger partial charge in [-0.25, -0.2) is 0 Å². The highest BCUT2D eigenvalue weighted by atomic mass is 14.1. The average molecular weight is 139 g/mol. The Balaban J connectivity index is 4.15. The molecule has 1 radical (unpaired) electrons. The zero-order valence-electron chi connectivity index (χ0n) is 7.91. The van der Waals surface area contributed by atoms with E-state index in [9.17, 15) is 0 Å². The van der Waals surface area contributed by atoms with Crippen molar-refractivity contribution in [3.8, 4) is 0 Å². The quantitative estimate of drug-likeness (QED) is 0.558. The molecule has 0 amide bonds. The molecule has 0 spiro atoms. The minimum atomic E-state index is 1.20. The van der Waals surface area contributed by atoms with Gasteiger partial charge >= 0.3 is 0 Å². The molecule has 0 rings (SSSR count). The maximum absolute atomic E-state index is 2.23. The number of hydrogen-bond donors (Lipinski definition) is 0. The molecule has 0 heteroatoms. The van der Waals surface area contributed by atoms with Gasteiger partial charge in [0.25, 0.3) is 0 Å². The van der Waals surface area contributed by atoms with E-state index in [4.69, 9.17) is 0 Å². The number of hydrogen-bond acceptors (Lipinski definition) is 0. The summed E-state index contributed by atoms with van der Waals surface area (Å²) in [6.07, 6.45) is 2.40. The van der Waals surface area contributed by atoms with E-state index in [0.29, 0.717) is 0 Å². The SMILES string of the molecule is CC[C](CC)C(C)=C(C)C. The van der Waals surface area contributed by atoms with Crippen LogP contribution >= 0.6 is 0 Å². The van der Waals surface area contributed by atoms with Gasteiger partial charge in [-0.3, -0.25) is 0 Å². The van der Waals surface area contributed by atoms with Crippen molar-refractivity contribution in [3.05, 3.63) is 17.1 Å². The molecule has 0 fully saturated rings. The summed E-state index contributed by atoms with van der Waals surface area (Å²) in [5.74, 6) is 1.60. The third-order valence-corrected chi connectivity index (χ3v) is 2.13. The molecule has 0 aliphatic heterocycles. The van der Waals surface area contributed by atoms with Gasteiger partial charge in [0.05, 0.1) is 0 Å². The fourth-order valence-corrected chi connectivity index (χ4v) is 1.13. The first-order valence-electron chi connectivity index (χ1n) is 4.12. The van der Waals surface area contributed by atoms with Crippen LogP contribution in [0, 0.1) is 5.92 Å². The molecule has 0 saturated carbocycles. The Morgan fingerprint density at radius 3 is 1.40 bits per heavy atom. The van der Waals surface area contributed by atoms with E-state index in [1.807, 2.05) is 0 Å². The second-order valence-electron chi connectivity index (χ2n) is 2.94. The lowest BCUT2D eigenvalue weighted by molar-refractivity contribution is 0.826. The average Bonchev–Trinajstić information content (AvgIpc) is 1.90. The van der Waals surface area contributed by atoms with E-state index >= 15 is 0 Å². The molecular weight excluding hydrogens is 120 g/mol. The topological polar surface area (TPSA) is 0 Å². The minimum absolute atomic E-state index is 1.20. The van der Waals surface area contributed by atoms with E-state index < -0.39 is 0 Å². The first kappa shape index (κ1) is 9.74. The number of rotatable bonds is 3. The fourth-order valence-electron chi connectivity index (χ4n) is 1.13. The molecule has 0 aromatic rings. The first-order chi connectivity index (χ1) is 4.63. The van der Waals surface area contributed by atoms with Crippen LogP contribution in [0.3, 0.4) is 0 Å². The van der Waals surface area contributed by atoms with Gasteiger partial charge in [0.1, 0.15) is 0 Å². The van der Waals surface area contributed by atoms with Crippen LogP contribution in [0.4, 0.5) is 0 Å². The fraction of sp³-hybridized carbons (Fsp3) is 0.700. The molecule has 0 saturated heterocycles. The monoisotopic (exact) mass is 139 g/mol. The van der Waals surface area contributed by atoms with Gasteiger partial charge in [0.2, 0.25) is 0 Å². The molecule has 10 heavy (non-hydrogen) atoms. The van der Waals surface area contributed by atoms with Crippen molar-refractivity contribution in [1.82, 2.24) is 0 Å². The summed E-state index contributed by atoms with van der Waals surface area (Å²) in [6, 6.07) is 0. The molecule has 0 bridgehead atoms. The van der Waals surface area contributed by atoms with Crippen molar-refractivity contribution in [2.45, 2.75) is 47.5 Å². The van der Waals surface area contributed by atoms with Crippen LogP contribution in [0.2, 0.25) is 0 Å². The first-order valence-corrected chi connectivity index (χ1v) is 4.12. The Morgan fingerprint density at radius 2 is 1.30 bits per heavy atom. The van der Waals surface area contributed by atoms with Crippen molar-refractivity contribution >= 4 is 0 Å². The summed E-state index contributed by atoms with van der Waals surface area (Å²) in [4.78, 5) is 0. The van der Waals surface area contributed by atoms with Gasteiger partial charge in [0.15, 0.2) is 0 Å². The summed E-state index contributed by atoms with van der Waals surface area (Å²) < 4.78 is 0. The summed E-state index contributed by atoms with van der Waals surface area (Å²) in [5.41, 5.74) is 2.96. The summed E-state index contributed by atoms with van der Waals surface area (Å²) in [6.45, 7) is 11.0. The Hall–Kier alpha value is -0.260. The molecule has 0 unspecified atom stereocenters. The summed E-state index contributed by atoms with van der Waals surface area (Å²) in [7, 11) is 0. The van der Waals surface area contributed by atoms with Crippen LogP contribution in [-0.2, 0) is 0 Å². The van der Waals surface area contributed by atoms with Crippen molar-refractivity contribution in [3.63, 3.8) is 0 Å². The molecule has 0 aliphatic rings. The Labute approximate surface area is 65.3 Å². The highest BCUT2D eigenvalue weighted by Crippen LogP contribution is 2.23. The molecule has 0 aliphatic carbocycles. The largest absolute Gasteiger partial charge is 0.0769 e. The number of allylic oxidation sites excluding steroid dienone is 2. The zero-order chi connectivity index (χ0) is 8.15. The van der Waals surface area contributed by atoms with Crippen LogP contribution in [0.1, 0.15) is 47.5 Å². The van der Waals surface area contributed by atoms with Crippen molar-refractivity contribution in [1.29, 1.82) is 0 Å². The van der Waals surface area contributed by atoms with Gasteiger partial charge in [-0.15, -0.1) is 0 Å². The van der Waals surface area contributed by atoms with Crippen LogP contribution in [-0.4, -0.2) is 0 Å². The minimum Gasteiger partial charge on any atom is -0.0769 e. The van der Waals surface area contributed by atoms with Crippen molar-refractivity contribution < 1.29 is 0 Å². The molecule has 0 atom stereocenters. The molecule has 0 aromatic carbocycles. The Kier molecular flexibility index (Phi) is 4.42. The maximum atomic E-state index is 2.23. The predicted octanol–water partition coefficient (Wildman–Crippen LogP) is 3.74. The van der Waals surface area contributed by atoms with Crippen LogP contribution in [0.15, 0.2) is 11.1 Å². The Bertz CT molecular complexity index is 112. The smallest absolute Gasteiger partial charge is 0.0000287 e. The molecule has 0 N–H and O–H groups in total. The van der Waals surface area contributed by atoms with E-state index in [1.165, 1.54) is 24.0 Å². The third kappa shape index (κ3) is 2.55. The molecular formula is C10H19. The standard InChI is InChI=1S/C10H19/c1-6-10(7-2)9(5)8(3)4/h6-7H2,1-5H3. The van der Waals surface area contributed by atoms with Crippen molar-refractivity contribution in [2.24, 2.45) is 0 Å². The Morgan fingerprint density at radius 1 is 0.900 bits per heavy atom. The summed E-state index contributed by atoms with van der Waals surface area (Å²) in [5, 5.41) is 0. The molecule has 59 valence electrons. The predicted molar refractivity (Wildman–Crippen MR) is 47.9 cm³/mol. The second-order valence-corrected chi connectivity index (χ2v) is 2.94. The third-order valence-electron chi connectivity index (χ3n) is 2.13. The van der Waals surface area contributed by atoms with Gasteiger partial charge < -0.3 is 0 Å². The lowest BCUT2D eigenvalue weighted by Gasteiger charge is -2.13. The van der Waals surface area contributed by atoms with Crippen molar-refractivity contribution in [2.75, 3.05) is 0 Å². The van der Waals surface area contributed by atoms with E-state index in [1.54, 1.807) is 5.92 Å². The molecule has 0 heterocycles. The van der Waals surface area contributed by atoms with Gasteiger partial charge in [0, 0.05) is 0 Å². The van der Waals surface area contributed by atoms with Crippen LogP contribution in [0.25, 0.3) is 0 Å². The van der Waals surface area contributed by atoms with E-state index in [-0.39, 0.29) is 0 Å². The highest BCUT2D eigenvalue weighted by Gasteiger charge is 2.06. The van der Waals surface area contributed by atoms with Gasteiger partial charge in [-0.1, -0.05) is 25.0 Å². The maximum Gasteiger partial charge on any atom is -0.0000287 e. The second kappa shape index (κ2) is 4.54. The van der Waals surface area contributed by atoms with Crippen LogP contribution < -0.4 is 0 Å². The van der Waals surface area contributed by atoms with Crippen LogP contribution in [0.5, 0.6) is 0 Å². The zero-order valence-corrected chi connectivity index (χ0v) is 7.91. The van der Waals surface area contributed by atoms with E-state index in [2.05, 4.69) is 34.6 Å². The lowest BCUT2D eigenvalue weighted by atomic mass is 9.92. The molecule has 0 nitrogen and oxygen atoms in total. The summed E-state index contributed by atoms with van der Waals surface area (Å²) >= 11 is 0.